The maximum Gasteiger partial charge on any atom is 0.407 e. The number of aryl methyl sites for hydroxylation is 1. The summed E-state index contributed by atoms with van der Waals surface area (Å²) in [4.78, 5) is 26.2. The molecule has 1 aliphatic heterocycles. The lowest BCUT2D eigenvalue weighted by atomic mass is 9.80. The first-order chi connectivity index (χ1) is 20.7. The standard InChI is InChI=1S/C35H60N2O7/c1-23(2)27(18-26-14-13-25(5)32(19-26)43-17-11-15-41-9)20-30(37-34(40)44-35(6,7)8)31(38)21-29(24(3)4)33(39)36-22-28-12-10-16-42-28/h13-14,19,23-24,27-31,38H,10-12,15-18,20-22H2,1-9H3,(H,36,39)(H,37,40)/t27?,28?,29-,30-,31-/m0/s1. The van der Waals surface area contributed by atoms with E-state index in [1.807, 2.05) is 41.5 Å². The molecule has 9 nitrogen and oxygen atoms in total. The molecule has 0 bridgehead atoms. The van der Waals surface area contributed by atoms with E-state index in [4.69, 9.17) is 18.9 Å². The van der Waals surface area contributed by atoms with Crippen LogP contribution in [-0.4, -0.2) is 74.4 Å². The Kier molecular flexibility index (Phi) is 16.0. The van der Waals surface area contributed by atoms with Crippen LogP contribution in [0.4, 0.5) is 4.79 Å². The molecule has 0 radical (unpaired) electrons. The van der Waals surface area contributed by atoms with Gasteiger partial charge in [0.25, 0.3) is 0 Å². The van der Waals surface area contributed by atoms with Gasteiger partial charge in [-0.1, -0.05) is 39.8 Å². The molecule has 1 heterocycles. The summed E-state index contributed by atoms with van der Waals surface area (Å²) in [5.74, 6) is 0.767. The van der Waals surface area contributed by atoms with Gasteiger partial charge in [-0.05, 0) is 94.7 Å². The van der Waals surface area contributed by atoms with Crippen molar-refractivity contribution in [2.24, 2.45) is 23.7 Å². The Morgan fingerprint density at radius 1 is 1.09 bits per heavy atom. The first-order valence-corrected chi connectivity index (χ1v) is 16.5. The van der Waals surface area contributed by atoms with Gasteiger partial charge in [-0.3, -0.25) is 4.79 Å². The van der Waals surface area contributed by atoms with Crippen LogP contribution in [0.2, 0.25) is 0 Å². The molecule has 2 unspecified atom stereocenters. The molecular formula is C35H60N2O7. The molecule has 2 rings (SSSR count). The Morgan fingerprint density at radius 3 is 2.41 bits per heavy atom. The highest BCUT2D eigenvalue weighted by atomic mass is 16.6. The van der Waals surface area contributed by atoms with Crippen LogP contribution in [0.1, 0.15) is 91.7 Å². The molecule has 1 aromatic carbocycles. The molecule has 2 amide bonds. The van der Waals surface area contributed by atoms with Crippen LogP contribution in [-0.2, 0) is 25.4 Å². The summed E-state index contributed by atoms with van der Waals surface area (Å²) in [5, 5.41) is 17.6. The summed E-state index contributed by atoms with van der Waals surface area (Å²) in [6.07, 6.45) is 2.79. The molecule has 0 aliphatic carbocycles. The van der Waals surface area contributed by atoms with Gasteiger partial charge >= 0.3 is 6.09 Å². The van der Waals surface area contributed by atoms with Crippen molar-refractivity contribution in [2.75, 3.05) is 33.5 Å². The van der Waals surface area contributed by atoms with E-state index in [2.05, 4.69) is 42.7 Å². The van der Waals surface area contributed by atoms with Crippen LogP contribution in [0.3, 0.4) is 0 Å². The van der Waals surface area contributed by atoms with Gasteiger partial charge in [0.1, 0.15) is 11.4 Å². The van der Waals surface area contributed by atoms with Gasteiger partial charge in [0.15, 0.2) is 0 Å². The van der Waals surface area contributed by atoms with E-state index in [-0.39, 0.29) is 36.2 Å². The fraction of sp³-hybridized carbons (Fsp3) is 0.771. The fourth-order valence-corrected chi connectivity index (χ4v) is 5.56. The predicted octanol–water partition coefficient (Wildman–Crippen LogP) is 5.83. The van der Waals surface area contributed by atoms with E-state index < -0.39 is 29.8 Å². The molecule has 1 aliphatic rings. The van der Waals surface area contributed by atoms with Crippen LogP contribution >= 0.6 is 0 Å². The fourth-order valence-electron chi connectivity index (χ4n) is 5.56. The van der Waals surface area contributed by atoms with Gasteiger partial charge < -0.3 is 34.7 Å². The molecule has 9 heteroatoms. The molecule has 3 N–H and O–H groups in total. The van der Waals surface area contributed by atoms with Crippen LogP contribution in [0.25, 0.3) is 0 Å². The van der Waals surface area contributed by atoms with Crippen molar-refractivity contribution < 1.29 is 33.6 Å². The SMILES string of the molecule is COCCCOc1cc(CC(C[C@H](NC(=O)OC(C)(C)C)[C@@H](O)C[C@H](C(=O)NCC2CCCO2)C(C)C)C(C)C)ccc1C. The predicted molar refractivity (Wildman–Crippen MR) is 174 cm³/mol. The van der Waals surface area contributed by atoms with Gasteiger partial charge in [-0.15, -0.1) is 0 Å². The number of aliphatic hydroxyl groups excluding tert-OH is 1. The average Bonchev–Trinajstić information content (AvgIpc) is 3.45. The maximum atomic E-state index is 13.2. The van der Waals surface area contributed by atoms with E-state index in [1.54, 1.807) is 7.11 Å². The molecule has 0 aromatic heterocycles. The minimum atomic E-state index is -0.942. The van der Waals surface area contributed by atoms with Gasteiger partial charge in [0, 0.05) is 39.2 Å². The van der Waals surface area contributed by atoms with Crippen molar-refractivity contribution in [1.82, 2.24) is 10.6 Å². The second kappa shape index (κ2) is 18.6. The topological polar surface area (TPSA) is 115 Å². The monoisotopic (exact) mass is 620 g/mol. The lowest BCUT2D eigenvalue weighted by Gasteiger charge is -2.33. The number of alkyl carbamates (subject to hydrolysis) is 1. The normalized spacial score (nSPS) is 18.1. The Bertz CT molecular complexity index is 1000. The lowest BCUT2D eigenvalue weighted by Crippen LogP contribution is -2.49. The Balaban J connectivity index is 2.21. The zero-order chi connectivity index (χ0) is 32.9. The molecule has 1 fully saturated rings. The Labute approximate surface area is 266 Å². The average molecular weight is 621 g/mol. The maximum absolute atomic E-state index is 13.2. The second-order valence-electron chi connectivity index (χ2n) is 14.0. The number of carbonyl (C=O) groups excluding carboxylic acids is 2. The smallest absolute Gasteiger partial charge is 0.407 e. The number of ether oxygens (including phenoxy) is 4. The number of hydrogen-bond donors (Lipinski definition) is 3. The minimum Gasteiger partial charge on any atom is -0.493 e. The van der Waals surface area contributed by atoms with Gasteiger partial charge in [-0.25, -0.2) is 4.79 Å². The van der Waals surface area contributed by atoms with E-state index in [9.17, 15) is 14.7 Å². The number of amides is 2. The largest absolute Gasteiger partial charge is 0.493 e. The summed E-state index contributed by atoms with van der Waals surface area (Å²) in [6.45, 7) is 18.2. The minimum absolute atomic E-state index is 0.00656. The van der Waals surface area contributed by atoms with Crippen molar-refractivity contribution >= 4 is 12.0 Å². The van der Waals surface area contributed by atoms with Crippen molar-refractivity contribution in [2.45, 2.75) is 118 Å². The molecule has 44 heavy (non-hydrogen) atoms. The highest BCUT2D eigenvalue weighted by molar-refractivity contribution is 5.79. The van der Waals surface area contributed by atoms with Crippen molar-refractivity contribution in [3.8, 4) is 5.75 Å². The number of rotatable bonds is 18. The first kappa shape index (κ1) is 37.8. The number of carbonyl (C=O) groups is 2. The second-order valence-corrected chi connectivity index (χ2v) is 14.0. The number of hydrogen-bond acceptors (Lipinski definition) is 7. The third kappa shape index (κ3) is 13.7. The Morgan fingerprint density at radius 2 is 1.82 bits per heavy atom. The van der Waals surface area contributed by atoms with Crippen LogP contribution < -0.4 is 15.4 Å². The highest BCUT2D eigenvalue weighted by Gasteiger charge is 2.33. The van der Waals surface area contributed by atoms with E-state index in [0.29, 0.717) is 26.2 Å². The summed E-state index contributed by atoms with van der Waals surface area (Å²) in [5.41, 5.74) is 1.53. The van der Waals surface area contributed by atoms with Crippen LogP contribution in [0.15, 0.2) is 18.2 Å². The van der Waals surface area contributed by atoms with Gasteiger partial charge in [-0.2, -0.15) is 0 Å². The van der Waals surface area contributed by atoms with E-state index in [1.165, 1.54) is 0 Å². The van der Waals surface area contributed by atoms with Crippen LogP contribution in [0.5, 0.6) is 5.75 Å². The zero-order valence-corrected chi connectivity index (χ0v) is 28.7. The molecule has 0 saturated carbocycles. The van der Waals surface area contributed by atoms with E-state index >= 15 is 0 Å². The third-order valence-corrected chi connectivity index (χ3v) is 8.33. The molecule has 1 aromatic rings. The number of aliphatic hydroxyl groups is 1. The number of nitrogens with one attached hydrogen (secondary N) is 2. The summed E-state index contributed by atoms with van der Waals surface area (Å²) in [6, 6.07) is 5.69. The van der Waals surface area contributed by atoms with E-state index in [0.717, 1.165) is 49.2 Å². The summed E-state index contributed by atoms with van der Waals surface area (Å²) in [7, 11) is 1.68. The lowest BCUT2D eigenvalue weighted by molar-refractivity contribution is -0.128. The molecule has 5 atom stereocenters. The molecule has 252 valence electrons. The molecule has 1 saturated heterocycles. The summed E-state index contributed by atoms with van der Waals surface area (Å²) < 4.78 is 22.4. The molecule has 0 spiro atoms. The quantitative estimate of drug-likeness (QED) is 0.177. The third-order valence-electron chi connectivity index (χ3n) is 8.33. The van der Waals surface area contributed by atoms with Crippen molar-refractivity contribution in [1.29, 1.82) is 0 Å². The number of benzene rings is 1. The van der Waals surface area contributed by atoms with Crippen molar-refractivity contribution in [3.63, 3.8) is 0 Å². The summed E-state index contributed by atoms with van der Waals surface area (Å²) >= 11 is 0. The number of methoxy groups -OCH3 is 1. The Hall–Kier alpha value is -2.36. The first-order valence-electron chi connectivity index (χ1n) is 16.5. The van der Waals surface area contributed by atoms with Gasteiger partial charge in [0.05, 0.1) is 24.9 Å². The van der Waals surface area contributed by atoms with Crippen molar-refractivity contribution in [3.05, 3.63) is 29.3 Å². The van der Waals surface area contributed by atoms with Gasteiger partial charge in [0.2, 0.25) is 5.91 Å². The highest BCUT2D eigenvalue weighted by Crippen LogP contribution is 2.29. The zero-order valence-electron chi connectivity index (χ0n) is 28.7. The van der Waals surface area contributed by atoms with Crippen LogP contribution in [0, 0.1) is 30.6 Å². The molecular weight excluding hydrogens is 560 g/mol.